The minimum Gasteiger partial charge on any atom is -0.361 e. The molecule has 2 heterocycles. The number of nitrogens with two attached hydrogens (primary N) is 1. The van der Waals surface area contributed by atoms with Crippen molar-refractivity contribution in [1.82, 2.24) is 20.0 Å². The molecule has 0 radical (unpaired) electrons. The third-order valence-electron chi connectivity index (χ3n) is 3.45. The van der Waals surface area contributed by atoms with Crippen molar-refractivity contribution in [3.8, 4) is 0 Å². The van der Waals surface area contributed by atoms with E-state index in [0.717, 1.165) is 21.7 Å². The van der Waals surface area contributed by atoms with Crippen LogP contribution in [0.5, 0.6) is 0 Å². The maximum atomic E-state index is 5.80. The van der Waals surface area contributed by atoms with Gasteiger partial charge in [-0.3, -0.25) is 5.84 Å². The number of rotatable bonds is 4. The van der Waals surface area contributed by atoms with Crippen LogP contribution in [0.1, 0.15) is 41.9 Å². The Kier molecular flexibility index (Phi) is 3.52. The van der Waals surface area contributed by atoms with Gasteiger partial charge >= 0.3 is 0 Å². The molecule has 0 fully saturated rings. The number of nitrogens with one attached hydrogen (secondary N) is 2. The number of benzene rings is 1. The first-order valence-corrected chi connectivity index (χ1v) is 7.34. The van der Waals surface area contributed by atoms with Gasteiger partial charge in [-0.25, -0.2) is 5.43 Å². The van der Waals surface area contributed by atoms with Crippen LogP contribution in [-0.4, -0.2) is 14.6 Å². The number of nitrogens with zero attached hydrogens (tertiary/aromatic N) is 2. The summed E-state index contributed by atoms with van der Waals surface area (Å²) in [5.41, 5.74) is 6.13. The van der Waals surface area contributed by atoms with E-state index in [1.807, 2.05) is 18.3 Å². The molecule has 0 aliphatic rings. The Bertz CT molecular complexity index is 715. The molecule has 3 rings (SSSR count). The van der Waals surface area contributed by atoms with Gasteiger partial charge in [-0.05, 0) is 23.5 Å². The highest BCUT2D eigenvalue weighted by molar-refractivity contribution is 7.05. The fraction of sp³-hybridized carbons (Fsp3) is 0.286. The SMILES string of the molecule is CC(C)c1nnsc1C(NN)c1c[nH]c2ccccc12. The predicted molar refractivity (Wildman–Crippen MR) is 81.5 cm³/mol. The van der Waals surface area contributed by atoms with Crippen molar-refractivity contribution in [2.75, 3.05) is 0 Å². The zero-order chi connectivity index (χ0) is 14.1. The van der Waals surface area contributed by atoms with Crippen molar-refractivity contribution < 1.29 is 0 Å². The quantitative estimate of drug-likeness (QED) is 0.509. The molecule has 4 N–H and O–H groups in total. The summed E-state index contributed by atoms with van der Waals surface area (Å²) in [6.07, 6.45) is 2.00. The molecule has 0 saturated carbocycles. The van der Waals surface area contributed by atoms with Crippen LogP contribution in [0.15, 0.2) is 30.5 Å². The second kappa shape index (κ2) is 5.32. The number of fused-ring (bicyclic) bond motifs is 1. The average Bonchev–Trinajstić information content (AvgIpc) is 3.07. The number of aromatic nitrogens is 3. The van der Waals surface area contributed by atoms with Crippen LogP contribution < -0.4 is 11.3 Å². The summed E-state index contributed by atoms with van der Waals surface area (Å²) in [6, 6.07) is 8.10. The van der Waals surface area contributed by atoms with E-state index in [4.69, 9.17) is 5.84 Å². The van der Waals surface area contributed by atoms with Gasteiger partial charge in [-0.2, -0.15) is 0 Å². The van der Waals surface area contributed by atoms with E-state index in [1.165, 1.54) is 16.9 Å². The summed E-state index contributed by atoms with van der Waals surface area (Å²) in [5.74, 6) is 6.13. The fourth-order valence-corrected chi connectivity index (χ4v) is 3.33. The second-order valence-electron chi connectivity index (χ2n) is 5.07. The number of hydrazine groups is 1. The lowest BCUT2D eigenvalue weighted by Gasteiger charge is -2.15. The summed E-state index contributed by atoms with van der Waals surface area (Å²) in [5, 5.41) is 5.40. The average molecular weight is 287 g/mol. The summed E-state index contributed by atoms with van der Waals surface area (Å²) in [4.78, 5) is 4.36. The Morgan fingerprint density at radius 2 is 2.10 bits per heavy atom. The zero-order valence-electron chi connectivity index (χ0n) is 11.4. The summed E-state index contributed by atoms with van der Waals surface area (Å²) in [7, 11) is 0. The second-order valence-corrected chi connectivity index (χ2v) is 5.85. The molecule has 0 amide bonds. The van der Waals surface area contributed by atoms with Crippen LogP contribution >= 0.6 is 11.5 Å². The van der Waals surface area contributed by atoms with Crippen LogP contribution in [0.3, 0.4) is 0 Å². The molecule has 6 heteroatoms. The molecular weight excluding hydrogens is 270 g/mol. The Morgan fingerprint density at radius 1 is 1.30 bits per heavy atom. The maximum absolute atomic E-state index is 5.80. The first-order chi connectivity index (χ1) is 9.72. The molecule has 0 spiro atoms. The third-order valence-corrected chi connectivity index (χ3v) is 4.25. The van der Waals surface area contributed by atoms with Crippen molar-refractivity contribution in [3.63, 3.8) is 0 Å². The summed E-state index contributed by atoms with van der Waals surface area (Å²) < 4.78 is 4.09. The van der Waals surface area contributed by atoms with E-state index in [-0.39, 0.29) is 6.04 Å². The minimum absolute atomic E-state index is 0.0939. The van der Waals surface area contributed by atoms with Gasteiger partial charge in [0, 0.05) is 22.7 Å². The van der Waals surface area contributed by atoms with Crippen molar-refractivity contribution >= 4 is 22.4 Å². The molecule has 1 unspecified atom stereocenters. The highest BCUT2D eigenvalue weighted by Crippen LogP contribution is 2.33. The number of H-pyrrole nitrogens is 1. The van der Waals surface area contributed by atoms with Crippen LogP contribution in [0, 0.1) is 0 Å². The molecular formula is C14H17N5S. The normalized spacial score (nSPS) is 13.2. The van der Waals surface area contributed by atoms with Crippen LogP contribution in [0.25, 0.3) is 10.9 Å². The Balaban J connectivity index is 2.12. The first kappa shape index (κ1) is 13.2. The van der Waals surface area contributed by atoms with Gasteiger partial charge in [-0.1, -0.05) is 36.5 Å². The van der Waals surface area contributed by atoms with Gasteiger partial charge in [0.1, 0.15) is 0 Å². The molecule has 0 saturated heterocycles. The molecule has 0 aliphatic carbocycles. The highest BCUT2D eigenvalue weighted by Gasteiger charge is 2.23. The molecule has 0 bridgehead atoms. The van der Waals surface area contributed by atoms with Crippen LogP contribution in [-0.2, 0) is 0 Å². The number of aromatic amines is 1. The summed E-state index contributed by atoms with van der Waals surface area (Å²) >= 11 is 1.40. The maximum Gasteiger partial charge on any atom is 0.0858 e. The van der Waals surface area contributed by atoms with Gasteiger partial charge in [0.15, 0.2) is 0 Å². The molecule has 2 aromatic heterocycles. The van der Waals surface area contributed by atoms with Crippen molar-refractivity contribution in [3.05, 3.63) is 46.6 Å². The largest absolute Gasteiger partial charge is 0.361 e. The number of para-hydroxylation sites is 1. The lowest BCUT2D eigenvalue weighted by molar-refractivity contribution is 0.635. The lowest BCUT2D eigenvalue weighted by atomic mass is 10.0. The molecule has 3 aromatic rings. The monoisotopic (exact) mass is 287 g/mol. The van der Waals surface area contributed by atoms with Gasteiger partial charge < -0.3 is 4.98 Å². The molecule has 5 nitrogen and oxygen atoms in total. The van der Waals surface area contributed by atoms with E-state index >= 15 is 0 Å². The molecule has 0 aliphatic heterocycles. The molecule has 20 heavy (non-hydrogen) atoms. The highest BCUT2D eigenvalue weighted by atomic mass is 32.1. The lowest BCUT2D eigenvalue weighted by Crippen LogP contribution is -2.29. The number of hydrogen-bond acceptors (Lipinski definition) is 5. The van der Waals surface area contributed by atoms with Gasteiger partial charge in [0.2, 0.25) is 0 Å². The van der Waals surface area contributed by atoms with Crippen molar-refractivity contribution in [2.24, 2.45) is 5.84 Å². The van der Waals surface area contributed by atoms with E-state index in [0.29, 0.717) is 5.92 Å². The molecule has 1 atom stereocenters. The smallest absolute Gasteiger partial charge is 0.0858 e. The molecule has 1 aromatic carbocycles. The predicted octanol–water partition coefficient (Wildman–Crippen LogP) is 2.70. The van der Waals surface area contributed by atoms with E-state index in [1.54, 1.807) is 0 Å². The van der Waals surface area contributed by atoms with Crippen molar-refractivity contribution in [2.45, 2.75) is 25.8 Å². The minimum atomic E-state index is -0.0939. The van der Waals surface area contributed by atoms with Gasteiger partial charge in [0.25, 0.3) is 0 Å². The van der Waals surface area contributed by atoms with E-state index < -0.39 is 0 Å². The molecule has 104 valence electrons. The topological polar surface area (TPSA) is 79.6 Å². The van der Waals surface area contributed by atoms with E-state index in [9.17, 15) is 0 Å². The third kappa shape index (κ3) is 2.11. The van der Waals surface area contributed by atoms with Crippen molar-refractivity contribution in [1.29, 1.82) is 0 Å². The van der Waals surface area contributed by atoms with Gasteiger partial charge in [0.05, 0.1) is 16.6 Å². The Morgan fingerprint density at radius 3 is 2.85 bits per heavy atom. The Labute approximate surface area is 121 Å². The first-order valence-electron chi connectivity index (χ1n) is 6.56. The zero-order valence-corrected chi connectivity index (χ0v) is 12.2. The fourth-order valence-electron chi connectivity index (χ4n) is 2.44. The standard InChI is InChI=1S/C14H17N5S/c1-8(2)12-14(20-19-18-12)13(17-15)10-7-16-11-6-4-3-5-9(10)11/h3-8,13,16-17H,15H2,1-2H3. The van der Waals surface area contributed by atoms with Gasteiger partial charge in [-0.15, -0.1) is 5.10 Å². The summed E-state index contributed by atoms with van der Waals surface area (Å²) in [6.45, 7) is 4.23. The van der Waals surface area contributed by atoms with Crippen LogP contribution in [0.4, 0.5) is 0 Å². The van der Waals surface area contributed by atoms with Crippen LogP contribution in [0.2, 0.25) is 0 Å². The number of hydrogen-bond donors (Lipinski definition) is 3. The van der Waals surface area contributed by atoms with E-state index in [2.05, 4.69) is 46.0 Å². The Hall–Kier alpha value is -1.76.